The maximum absolute atomic E-state index is 10.0. The molecule has 1 aliphatic rings. The summed E-state index contributed by atoms with van der Waals surface area (Å²) in [5.41, 5.74) is 1.16. The molecule has 0 aliphatic heterocycles. The highest BCUT2D eigenvalue weighted by Gasteiger charge is 2.32. The van der Waals surface area contributed by atoms with Crippen molar-refractivity contribution < 1.29 is 5.11 Å². The van der Waals surface area contributed by atoms with Gasteiger partial charge in [0, 0.05) is 0 Å². The predicted molar refractivity (Wildman–Crippen MR) is 72.2 cm³/mol. The van der Waals surface area contributed by atoms with E-state index in [-0.39, 0.29) is 0 Å². The van der Waals surface area contributed by atoms with Gasteiger partial charge in [0.05, 0.1) is 0 Å². The molecule has 1 fully saturated rings. The Balaban J connectivity index is 2.29. The molecule has 0 unspecified atom stereocenters. The minimum Gasteiger partial charge on any atom is -0.508 e. The van der Waals surface area contributed by atoms with Crippen molar-refractivity contribution >= 4 is 0 Å². The molecule has 1 aromatic carbocycles. The topological polar surface area (TPSA) is 20.2 Å². The van der Waals surface area contributed by atoms with Crippen molar-refractivity contribution in [2.24, 2.45) is 17.8 Å². The maximum atomic E-state index is 10.0. The van der Waals surface area contributed by atoms with E-state index in [4.69, 9.17) is 0 Å². The largest absolute Gasteiger partial charge is 0.508 e. The fourth-order valence-corrected chi connectivity index (χ4v) is 3.36. The summed E-state index contributed by atoms with van der Waals surface area (Å²) in [5, 5.41) is 10.0. The molecular formula is C16H24O. The molecule has 0 radical (unpaired) electrons. The van der Waals surface area contributed by atoms with Crippen molar-refractivity contribution in [3.05, 3.63) is 29.8 Å². The van der Waals surface area contributed by atoms with Gasteiger partial charge in [0.2, 0.25) is 0 Å². The molecular weight excluding hydrogens is 208 g/mol. The van der Waals surface area contributed by atoms with Crippen molar-refractivity contribution in [2.75, 3.05) is 0 Å². The molecule has 2 rings (SSSR count). The molecule has 1 N–H and O–H groups in total. The standard InChI is InChI=1S/C16H24O/c1-11(2)13-9-8-12(3)10-15(13)14-6-4-5-7-16(14)17/h4-7,11-13,15,17H,8-10H2,1-3H3/t12-,13+,15-/m1/s1. The number of para-hydroxylation sites is 1. The fourth-order valence-electron chi connectivity index (χ4n) is 3.36. The Labute approximate surface area is 105 Å². The van der Waals surface area contributed by atoms with Crippen LogP contribution in [0.4, 0.5) is 0 Å². The van der Waals surface area contributed by atoms with Crippen LogP contribution in [0.3, 0.4) is 0 Å². The predicted octanol–water partition coefficient (Wildman–Crippen LogP) is 4.57. The number of hydrogen-bond acceptors (Lipinski definition) is 1. The van der Waals surface area contributed by atoms with Gasteiger partial charge in [0.15, 0.2) is 0 Å². The third kappa shape index (κ3) is 2.65. The molecule has 1 nitrogen and oxygen atoms in total. The third-order valence-electron chi connectivity index (χ3n) is 4.36. The third-order valence-corrected chi connectivity index (χ3v) is 4.36. The number of hydrogen-bond donors (Lipinski definition) is 1. The normalized spacial score (nSPS) is 29.5. The summed E-state index contributed by atoms with van der Waals surface area (Å²) < 4.78 is 0. The molecule has 94 valence electrons. The molecule has 0 saturated heterocycles. The zero-order chi connectivity index (χ0) is 12.4. The van der Waals surface area contributed by atoms with E-state index >= 15 is 0 Å². The number of phenolic OH excluding ortho intramolecular Hbond substituents is 1. The van der Waals surface area contributed by atoms with E-state index < -0.39 is 0 Å². The average molecular weight is 232 g/mol. The van der Waals surface area contributed by atoms with Gasteiger partial charge in [-0.05, 0) is 48.1 Å². The van der Waals surface area contributed by atoms with E-state index in [1.807, 2.05) is 18.2 Å². The minimum atomic E-state index is 0.484. The highest BCUT2D eigenvalue weighted by Crippen LogP contribution is 2.45. The molecule has 0 heterocycles. The second-order valence-electron chi connectivity index (χ2n) is 5.99. The number of rotatable bonds is 2. The van der Waals surface area contributed by atoms with Gasteiger partial charge in [0.25, 0.3) is 0 Å². The average Bonchev–Trinajstić information content (AvgIpc) is 2.29. The molecule has 17 heavy (non-hydrogen) atoms. The van der Waals surface area contributed by atoms with Gasteiger partial charge in [-0.3, -0.25) is 0 Å². The van der Waals surface area contributed by atoms with Gasteiger partial charge in [-0.25, -0.2) is 0 Å². The lowest BCUT2D eigenvalue weighted by Crippen LogP contribution is -2.26. The zero-order valence-electron chi connectivity index (χ0n) is 11.2. The Morgan fingerprint density at radius 2 is 1.88 bits per heavy atom. The van der Waals surface area contributed by atoms with Crippen LogP contribution in [0.1, 0.15) is 51.5 Å². The molecule has 0 amide bonds. The highest BCUT2D eigenvalue weighted by molar-refractivity contribution is 5.35. The summed E-state index contributed by atoms with van der Waals surface area (Å²) in [6.07, 6.45) is 3.87. The first-order valence-corrected chi connectivity index (χ1v) is 6.87. The zero-order valence-corrected chi connectivity index (χ0v) is 11.2. The first-order chi connectivity index (χ1) is 8.09. The Morgan fingerprint density at radius 3 is 2.53 bits per heavy atom. The van der Waals surface area contributed by atoms with Crippen molar-refractivity contribution in [3.63, 3.8) is 0 Å². The summed E-state index contributed by atoms with van der Waals surface area (Å²) in [6, 6.07) is 7.89. The number of benzene rings is 1. The summed E-state index contributed by atoms with van der Waals surface area (Å²) >= 11 is 0. The van der Waals surface area contributed by atoms with Crippen molar-refractivity contribution in [1.82, 2.24) is 0 Å². The Morgan fingerprint density at radius 1 is 1.18 bits per heavy atom. The molecule has 0 bridgehead atoms. The number of phenols is 1. The van der Waals surface area contributed by atoms with Gasteiger partial charge in [-0.15, -0.1) is 0 Å². The van der Waals surface area contributed by atoms with Crippen LogP contribution in [0.15, 0.2) is 24.3 Å². The maximum Gasteiger partial charge on any atom is 0.119 e. The first-order valence-electron chi connectivity index (χ1n) is 6.87. The summed E-state index contributed by atoms with van der Waals surface area (Å²) in [5.74, 6) is 3.23. The summed E-state index contributed by atoms with van der Waals surface area (Å²) in [4.78, 5) is 0. The second kappa shape index (κ2) is 5.12. The van der Waals surface area contributed by atoms with E-state index in [2.05, 4.69) is 26.8 Å². The van der Waals surface area contributed by atoms with Gasteiger partial charge in [-0.1, -0.05) is 45.4 Å². The molecule has 1 aliphatic carbocycles. The minimum absolute atomic E-state index is 0.484. The van der Waals surface area contributed by atoms with Crippen LogP contribution in [0, 0.1) is 17.8 Å². The van der Waals surface area contributed by atoms with Gasteiger partial charge in [0.1, 0.15) is 5.75 Å². The lowest BCUT2D eigenvalue weighted by Gasteiger charge is -2.38. The van der Waals surface area contributed by atoms with Crippen molar-refractivity contribution in [1.29, 1.82) is 0 Å². The fraction of sp³-hybridized carbons (Fsp3) is 0.625. The van der Waals surface area contributed by atoms with E-state index in [0.717, 1.165) is 17.4 Å². The molecule has 0 aromatic heterocycles. The quantitative estimate of drug-likeness (QED) is 0.792. The van der Waals surface area contributed by atoms with Crippen LogP contribution in [0.5, 0.6) is 5.75 Å². The lowest BCUT2D eigenvalue weighted by atomic mass is 9.67. The van der Waals surface area contributed by atoms with Crippen LogP contribution in [-0.2, 0) is 0 Å². The Hall–Kier alpha value is -0.980. The van der Waals surface area contributed by atoms with Crippen molar-refractivity contribution in [2.45, 2.75) is 46.0 Å². The van der Waals surface area contributed by atoms with E-state index in [9.17, 15) is 5.11 Å². The molecule has 0 spiro atoms. The molecule has 3 atom stereocenters. The van der Waals surface area contributed by atoms with Gasteiger partial charge >= 0.3 is 0 Å². The van der Waals surface area contributed by atoms with Crippen LogP contribution in [0.2, 0.25) is 0 Å². The monoisotopic (exact) mass is 232 g/mol. The van der Waals surface area contributed by atoms with Crippen LogP contribution >= 0.6 is 0 Å². The molecule has 1 heteroatoms. The van der Waals surface area contributed by atoms with E-state index in [0.29, 0.717) is 17.6 Å². The highest BCUT2D eigenvalue weighted by atomic mass is 16.3. The first kappa shape index (κ1) is 12.5. The van der Waals surface area contributed by atoms with Gasteiger partial charge < -0.3 is 5.11 Å². The molecule has 1 saturated carbocycles. The summed E-state index contributed by atoms with van der Waals surface area (Å²) in [6.45, 7) is 6.96. The SMILES string of the molecule is CC(C)[C@@H]1CC[C@@H](C)C[C@H]1c1ccccc1O. The van der Waals surface area contributed by atoms with Crippen LogP contribution < -0.4 is 0 Å². The lowest BCUT2D eigenvalue weighted by molar-refractivity contribution is 0.194. The van der Waals surface area contributed by atoms with E-state index in [1.165, 1.54) is 19.3 Å². The number of aromatic hydroxyl groups is 1. The smallest absolute Gasteiger partial charge is 0.119 e. The van der Waals surface area contributed by atoms with Crippen molar-refractivity contribution in [3.8, 4) is 5.75 Å². The van der Waals surface area contributed by atoms with Gasteiger partial charge in [-0.2, -0.15) is 0 Å². The molecule has 1 aromatic rings. The second-order valence-corrected chi connectivity index (χ2v) is 5.99. The Bertz CT molecular complexity index is 370. The Kier molecular flexibility index (Phi) is 3.76. The van der Waals surface area contributed by atoms with Crippen LogP contribution in [0.25, 0.3) is 0 Å². The summed E-state index contributed by atoms with van der Waals surface area (Å²) in [7, 11) is 0. The van der Waals surface area contributed by atoms with Crippen LogP contribution in [-0.4, -0.2) is 5.11 Å². The van der Waals surface area contributed by atoms with E-state index in [1.54, 1.807) is 0 Å².